The molecule has 4 nitrogen and oxygen atoms in total. The zero-order valence-electron chi connectivity index (χ0n) is 12.6. The van der Waals surface area contributed by atoms with E-state index in [0.717, 1.165) is 0 Å². The molecule has 1 rings (SSSR count). The summed E-state index contributed by atoms with van der Waals surface area (Å²) >= 11 is 0. The average Bonchev–Trinajstić information content (AvgIpc) is 2.34. The summed E-state index contributed by atoms with van der Waals surface area (Å²) in [5.41, 5.74) is 0.398. The van der Waals surface area contributed by atoms with Gasteiger partial charge in [0, 0.05) is 12.2 Å². The lowest BCUT2D eigenvalue weighted by Gasteiger charge is -2.15. The molecular weight excluding hydrogens is 297 g/mol. The van der Waals surface area contributed by atoms with E-state index in [-0.39, 0.29) is 11.5 Å². The van der Waals surface area contributed by atoms with Gasteiger partial charge in [-0.05, 0) is 37.0 Å². The maximum Gasteiger partial charge on any atom is 0.393 e. The summed E-state index contributed by atoms with van der Waals surface area (Å²) < 4.78 is 37.0. The molecule has 2 amide bonds. The minimum absolute atomic E-state index is 0.0905. The van der Waals surface area contributed by atoms with Crippen LogP contribution in [-0.4, -0.2) is 30.0 Å². The van der Waals surface area contributed by atoms with Gasteiger partial charge < -0.3 is 15.7 Å². The topological polar surface area (TPSA) is 61.4 Å². The average molecular weight is 318 g/mol. The minimum atomic E-state index is -4.28. The van der Waals surface area contributed by atoms with Crippen molar-refractivity contribution < 1.29 is 23.1 Å². The van der Waals surface area contributed by atoms with Gasteiger partial charge in [0.2, 0.25) is 0 Å². The summed E-state index contributed by atoms with van der Waals surface area (Å²) in [6.45, 7) is 3.93. The first-order chi connectivity index (χ1) is 10.2. The lowest BCUT2D eigenvalue weighted by atomic mass is 10.1. The molecule has 124 valence electrons. The molecule has 2 atom stereocenters. The first-order valence-corrected chi connectivity index (χ1v) is 7.04. The van der Waals surface area contributed by atoms with Crippen LogP contribution in [0.3, 0.4) is 0 Å². The number of nitrogens with one attached hydrogen (secondary N) is 2. The number of hydrogen-bond acceptors (Lipinski definition) is 2. The number of urea groups is 1. The van der Waals surface area contributed by atoms with E-state index in [2.05, 4.69) is 10.6 Å². The molecule has 0 saturated carbocycles. The quantitative estimate of drug-likeness (QED) is 0.753. The van der Waals surface area contributed by atoms with Crippen LogP contribution in [0.25, 0.3) is 0 Å². The van der Waals surface area contributed by atoms with Crippen LogP contribution in [0.2, 0.25) is 0 Å². The summed E-state index contributed by atoms with van der Waals surface area (Å²) in [6, 6.07) is 5.17. The Morgan fingerprint density at radius 1 is 1.32 bits per heavy atom. The van der Waals surface area contributed by atoms with Gasteiger partial charge in [0.1, 0.15) is 0 Å². The first kappa shape index (κ1) is 18.3. The van der Waals surface area contributed by atoms with Crippen LogP contribution in [0.5, 0.6) is 0 Å². The second-order valence-corrected chi connectivity index (χ2v) is 5.52. The van der Waals surface area contributed by atoms with E-state index in [1.54, 1.807) is 6.92 Å². The SMILES string of the molecule is CC(O)CC(C)CNC(=O)Nc1cccc(CC(F)(F)F)c1. The Labute approximate surface area is 127 Å². The number of aliphatic hydroxyl groups excluding tert-OH is 1. The van der Waals surface area contributed by atoms with Crippen molar-refractivity contribution in [1.29, 1.82) is 0 Å². The highest BCUT2D eigenvalue weighted by atomic mass is 19.4. The molecule has 0 aliphatic carbocycles. The Hall–Kier alpha value is -1.76. The van der Waals surface area contributed by atoms with Crippen molar-refractivity contribution in [3.05, 3.63) is 29.8 Å². The molecule has 0 aliphatic heterocycles. The molecule has 2 unspecified atom stereocenters. The van der Waals surface area contributed by atoms with Crippen LogP contribution >= 0.6 is 0 Å². The Morgan fingerprint density at radius 3 is 2.59 bits per heavy atom. The van der Waals surface area contributed by atoms with Gasteiger partial charge in [-0.15, -0.1) is 0 Å². The van der Waals surface area contributed by atoms with Crippen LogP contribution in [0.4, 0.5) is 23.7 Å². The second kappa shape index (κ2) is 8.03. The molecule has 0 heterocycles. The fourth-order valence-corrected chi connectivity index (χ4v) is 2.10. The van der Waals surface area contributed by atoms with Crippen LogP contribution in [0.1, 0.15) is 25.8 Å². The number of amides is 2. The summed E-state index contributed by atoms with van der Waals surface area (Å²) in [6.07, 6.45) is -5.20. The van der Waals surface area contributed by atoms with Crippen molar-refractivity contribution >= 4 is 11.7 Å². The largest absolute Gasteiger partial charge is 0.393 e. The molecule has 1 aromatic rings. The smallest absolute Gasteiger partial charge is 0.393 e. The minimum Gasteiger partial charge on any atom is -0.393 e. The Kier molecular flexibility index (Phi) is 6.67. The van der Waals surface area contributed by atoms with E-state index in [1.807, 2.05) is 6.92 Å². The number of alkyl halides is 3. The number of rotatable bonds is 6. The molecule has 3 N–H and O–H groups in total. The molecule has 7 heteroatoms. The van der Waals surface area contributed by atoms with Crippen LogP contribution < -0.4 is 10.6 Å². The molecular formula is C15H21F3N2O2. The van der Waals surface area contributed by atoms with Gasteiger partial charge in [-0.2, -0.15) is 13.2 Å². The predicted molar refractivity (Wildman–Crippen MR) is 78.7 cm³/mol. The summed E-state index contributed by atoms with van der Waals surface area (Å²) in [5.74, 6) is 0.0994. The zero-order valence-corrected chi connectivity index (χ0v) is 12.6. The third-order valence-corrected chi connectivity index (χ3v) is 2.94. The van der Waals surface area contributed by atoms with Crippen molar-refractivity contribution in [2.24, 2.45) is 5.92 Å². The Balaban J connectivity index is 2.49. The third-order valence-electron chi connectivity index (χ3n) is 2.94. The summed E-state index contributed by atoms with van der Waals surface area (Å²) in [4.78, 5) is 11.7. The normalized spacial score (nSPS) is 14.3. The lowest BCUT2D eigenvalue weighted by Crippen LogP contribution is -2.33. The van der Waals surface area contributed by atoms with E-state index in [1.165, 1.54) is 24.3 Å². The van der Waals surface area contributed by atoms with Gasteiger partial charge in [0.15, 0.2) is 0 Å². The molecule has 0 fully saturated rings. The van der Waals surface area contributed by atoms with Crippen molar-refractivity contribution in [2.45, 2.75) is 39.0 Å². The van der Waals surface area contributed by atoms with E-state index in [4.69, 9.17) is 0 Å². The molecule has 0 aromatic heterocycles. The van der Waals surface area contributed by atoms with Gasteiger partial charge in [0.25, 0.3) is 0 Å². The molecule has 22 heavy (non-hydrogen) atoms. The molecule has 0 aliphatic rings. The fourth-order valence-electron chi connectivity index (χ4n) is 2.10. The molecule has 0 radical (unpaired) electrons. The maximum absolute atomic E-state index is 12.3. The molecule has 0 saturated heterocycles. The number of carbonyl (C=O) groups excluding carboxylic acids is 1. The molecule has 0 spiro atoms. The van der Waals surface area contributed by atoms with Gasteiger partial charge in [-0.1, -0.05) is 19.1 Å². The molecule has 1 aromatic carbocycles. The van der Waals surface area contributed by atoms with Gasteiger partial charge in [0.05, 0.1) is 12.5 Å². The van der Waals surface area contributed by atoms with Gasteiger partial charge in [-0.25, -0.2) is 4.79 Å². The molecule has 0 bridgehead atoms. The number of halogens is 3. The highest BCUT2D eigenvalue weighted by Gasteiger charge is 2.27. The predicted octanol–water partition coefficient (Wildman–Crippen LogP) is 3.32. The van der Waals surface area contributed by atoms with E-state index < -0.39 is 24.7 Å². The van der Waals surface area contributed by atoms with Crippen molar-refractivity contribution in [2.75, 3.05) is 11.9 Å². The number of benzene rings is 1. The van der Waals surface area contributed by atoms with E-state index in [0.29, 0.717) is 18.7 Å². The van der Waals surface area contributed by atoms with Gasteiger partial charge in [-0.3, -0.25) is 0 Å². The van der Waals surface area contributed by atoms with Crippen molar-refractivity contribution in [1.82, 2.24) is 5.32 Å². The number of carbonyl (C=O) groups is 1. The maximum atomic E-state index is 12.3. The zero-order chi connectivity index (χ0) is 16.8. The monoisotopic (exact) mass is 318 g/mol. The van der Waals surface area contributed by atoms with Crippen molar-refractivity contribution in [3.8, 4) is 0 Å². The highest BCUT2D eigenvalue weighted by molar-refractivity contribution is 5.89. The Bertz CT molecular complexity index is 490. The second-order valence-electron chi connectivity index (χ2n) is 5.52. The standard InChI is InChI=1S/C15H21F3N2O2/c1-10(6-11(2)21)9-19-14(22)20-13-5-3-4-12(7-13)8-15(16,17)18/h3-5,7,10-11,21H,6,8-9H2,1-2H3,(H2,19,20,22). The van der Waals surface area contributed by atoms with Gasteiger partial charge >= 0.3 is 12.2 Å². The van der Waals surface area contributed by atoms with Crippen LogP contribution in [0, 0.1) is 5.92 Å². The van der Waals surface area contributed by atoms with Crippen molar-refractivity contribution in [3.63, 3.8) is 0 Å². The fraction of sp³-hybridized carbons (Fsp3) is 0.533. The number of anilines is 1. The van der Waals surface area contributed by atoms with Crippen LogP contribution in [-0.2, 0) is 6.42 Å². The highest BCUT2D eigenvalue weighted by Crippen LogP contribution is 2.22. The van der Waals surface area contributed by atoms with E-state index in [9.17, 15) is 23.1 Å². The lowest BCUT2D eigenvalue weighted by molar-refractivity contribution is -0.127. The summed E-state index contributed by atoms with van der Waals surface area (Å²) in [5, 5.41) is 14.3. The Morgan fingerprint density at radius 2 is 2.00 bits per heavy atom. The number of hydrogen-bond donors (Lipinski definition) is 3. The number of aliphatic hydroxyl groups is 1. The van der Waals surface area contributed by atoms with E-state index >= 15 is 0 Å². The summed E-state index contributed by atoms with van der Waals surface area (Å²) in [7, 11) is 0. The first-order valence-electron chi connectivity index (χ1n) is 7.04. The third kappa shape index (κ3) is 7.87. The van der Waals surface area contributed by atoms with Crippen LogP contribution in [0.15, 0.2) is 24.3 Å².